The van der Waals surface area contributed by atoms with Crippen molar-refractivity contribution in [3.05, 3.63) is 29.8 Å². The second-order valence-corrected chi connectivity index (χ2v) is 7.46. The van der Waals surface area contributed by atoms with Gasteiger partial charge in [-0.05, 0) is 11.6 Å². The summed E-state index contributed by atoms with van der Waals surface area (Å²) in [5.41, 5.74) is 6.71. The van der Waals surface area contributed by atoms with Crippen LogP contribution in [0.15, 0.2) is 24.3 Å². The van der Waals surface area contributed by atoms with E-state index in [1.54, 1.807) is 31.2 Å². The second-order valence-electron chi connectivity index (χ2n) is 3.78. The summed E-state index contributed by atoms with van der Waals surface area (Å²) in [5.74, 6) is 0.714. The van der Waals surface area contributed by atoms with E-state index in [1.807, 2.05) is 0 Å². The third kappa shape index (κ3) is 5.16. The van der Waals surface area contributed by atoms with Gasteiger partial charge in [0.1, 0.15) is 0 Å². The first kappa shape index (κ1) is 15.1. The molecule has 1 aromatic carbocycles. The fourth-order valence-corrected chi connectivity index (χ4v) is 3.31. The van der Waals surface area contributed by atoms with Crippen molar-refractivity contribution < 1.29 is 12.6 Å². The molecule has 5 nitrogen and oxygen atoms in total. The first-order valence-corrected chi connectivity index (χ1v) is 8.74. The monoisotopic (exact) mass is 290 g/mol. The largest absolute Gasteiger partial charge is 0.398 e. The lowest BCUT2D eigenvalue weighted by Crippen LogP contribution is -2.29. The van der Waals surface area contributed by atoms with Crippen LogP contribution in [0.3, 0.4) is 0 Å². The molecule has 0 heterocycles. The van der Waals surface area contributed by atoms with E-state index in [0.29, 0.717) is 22.8 Å². The Morgan fingerprint density at radius 3 is 2.61 bits per heavy atom. The first-order chi connectivity index (χ1) is 8.44. The van der Waals surface area contributed by atoms with Crippen molar-refractivity contribution in [3.63, 3.8) is 0 Å². The van der Waals surface area contributed by atoms with E-state index >= 15 is 0 Å². The number of rotatable bonds is 7. The molecule has 0 aliphatic heterocycles. The number of nitrogens with two attached hydrogens (primary N) is 1. The predicted molar refractivity (Wildman–Crippen MR) is 75.0 cm³/mol. The van der Waals surface area contributed by atoms with E-state index in [2.05, 4.69) is 4.72 Å². The van der Waals surface area contributed by atoms with Gasteiger partial charge in [0.2, 0.25) is 10.0 Å². The Hall–Kier alpha value is -0.920. The van der Waals surface area contributed by atoms with E-state index in [0.717, 1.165) is 0 Å². The molecule has 0 radical (unpaired) electrons. The van der Waals surface area contributed by atoms with Gasteiger partial charge in [0.25, 0.3) is 0 Å². The Balaban J connectivity index is 2.55. The number of nitrogens with one attached hydrogen (secondary N) is 1. The summed E-state index contributed by atoms with van der Waals surface area (Å²) >= 11 is 0. The maximum atomic E-state index is 11.8. The Labute approximate surface area is 110 Å². The van der Waals surface area contributed by atoms with Crippen LogP contribution in [-0.2, 0) is 26.6 Å². The number of hydrogen-bond acceptors (Lipinski definition) is 4. The quantitative estimate of drug-likeness (QED) is 0.714. The van der Waals surface area contributed by atoms with Crippen LogP contribution in [0.5, 0.6) is 0 Å². The summed E-state index contributed by atoms with van der Waals surface area (Å²) in [4.78, 5) is 0. The molecular formula is C11H18N2O3S2. The summed E-state index contributed by atoms with van der Waals surface area (Å²) in [6.45, 7) is 1.99. The maximum Gasteiger partial charge on any atom is 0.215 e. The van der Waals surface area contributed by atoms with Gasteiger partial charge in [0.15, 0.2) is 0 Å². The Kier molecular flexibility index (Phi) is 5.77. The molecule has 0 saturated heterocycles. The average molecular weight is 290 g/mol. The number of nitrogen functional groups attached to an aromatic ring is 1. The molecule has 0 aliphatic carbocycles. The second kappa shape index (κ2) is 6.86. The summed E-state index contributed by atoms with van der Waals surface area (Å²) < 4.78 is 37.1. The van der Waals surface area contributed by atoms with Gasteiger partial charge in [-0.15, -0.1) is 0 Å². The van der Waals surface area contributed by atoms with Gasteiger partial charge in [-0.3, -0.25) is 4.21 Å². The molecule has 0 aromatic heterocycles. The van der Waals surface area contributed by atoms with E-state index in [9.17, 15) is 12.6 Å². The maximum absolute atomic E-state index is 11.8. The van der Waals surface area contributed by atoms with Gasteiger partial charge in [0.05, 0.1) is 5.75 Å². The third-order valence-electron chi connectivity index (χ3n) is 2.37. The summed E-state index contributed by atoms with van der Waals surface area (Å²) in [6.07, 6.45) is 0. The van der Waals surface area contributed by atoms with Crippen LogP contribution in [0.2, 0.25) is 0 Å². The van der Waals surface area contributed by atoms with Crippen molar-refractivity contribution in [1.82, 2.24) is 4.72 Å². The van der Waals surface area contributed by atoms with Gasteiger partial charge in [0, 0.05) is 34.5 Å². The van der Waals surface area contributed by atoms with E-state index in [-0.39, 0.29) is 12.3 Å². The SMILES string of the molecule is CCS(=O)CCNS(=O)(=O)Cc1ccccc1N. The van der Waals surface area contributed by atoms with Crippen LogP contribution in [0.25, 0.3) is 0 Å². The van der Waals surface area contributed by atoms with Crippen molar-refractivity contribution in [1.29, 1.82) is 0 Å². The standard InChI is InChI=1S/C11H18N2O3S2/c1-2-17(14)8-7-13-18(15,16)9-10-5-3-4-6-11(10)12/h3-6,13H,2,7-9,12H2,1H3. The van der Waals surface area contributed by atoms with Crippen molar-refractivity contribution >= 4 is 26.5 Å². The smallest absolute Gasteiger partial charge is 0.215 e. The van der Waals surface area contributed by atoms with Gasteiger partial charge >= 0.3 is 0 Å². The lowest BCUT2D eigenvalue weighted by molar-refractivity contribution is 0.583. The fourth-order valence-electron chi connectivity index (χ4n) is 1.38. The normalized spacial score (nSPS) is 13.4. The minimum Gasteiger partial charge on any atom is -0.398 e. The van der Waals surface area contributed by atoms with Crippen LogP contribution < -0.4 is 10.5 Å². The average Bonchev–Trinajstić information content (AvgIpc) is 2.31. The van der Waals surface area contributed by atoms with Crippen LogP contribution in [0, 0.1) is 0 Å². The number of hydrogen-bond donors (Lipinski definition) is 2. The minimum absolute atomic E-state index is 0.154. The first-order valence-electron chi connectivity index (χ1n) is 5.60. The van der Waals surface area contributed by atoms with Gasteiger partial charge in [-0.2, -0.15) is 0 Å². The molecule has 1 unspecified atom stereocenters. The lowest BCUT2D eigenvalue weighted by Gasteiger charge is -2.08. The molecule has 0 saturated carbocycles. The zero-order chi connectivity index (χ0) is 13.6. The highest BCUT2D eigenvalue weighted by Crippen LogP contribution is 2.13. The Morgan fingerprint density at radius 2 is 2.00 bits per heavy atom. The molecule has 7 heteroatoms. The van der Waals surface area contributed by atoms with Crippen LogP contribution in [-0.4, -0.2) is 30.7 Å². The molecule has 0 bridgehead atoms. The number of sulfonamides is 1. The van der Waals surface area contributed by atoms with Crippen LogP contribution in [0.1, 0.15) is 12.5 Å². The van der Waals surface area contributed by atoms with Crippen molar-refractivity contribution in [3.8, 4) is 0 Å². The Morgan fingerprint density at radius 1 is 1.33 bits per heavy atom. The molecule has 0 spiro atoms. The van der Waals surface area contributed by atoms with Crippen LogP contribution in [0.4, 0.5) is 5.69 Å². The molecule has 0 fully saturated rings. The summed E-state index contributed by atoms with van der Waals surface area (Å²) in [6, 6.07) is 6.84. The van der Waals surface area contributed by atoms with Crippen molar-refractivity contribution in [2.75, 3.05) is 23.8 Å². The minimum atomic E-state index is -3.43. The summed E-state index contributed by atoms with van der Waals surface area (Å²) in [5, 5.41) is 0. The van der Waals surface area contributed by atoms with E-state index < -0.39 is 20.8 Å². The predicted octanol–water partition coefficient (Wildman–Crippen LogP) is 0.457. The highest BCUT2D eigenvalue weighted by atomic mass is 32.2. The zero-order valence-electron chi connectivity index (χ0n) is 10.3. The Bertz CT molecular complexity index is 515. The lowest BCUT2D eigenvalue weighted by atomic mass is 10.2. The highest BCUT2D eigenvalue weighted by Gasteiger charge is 2.12. The van der Waals surface area contributed by atoms with E-state index in [4.69, 9.17) is 5.73 Å². The molecule has 1 atom stereocenters. The van der Waals surface area contributed by atoms with Crippen molar-refractivity contribution in [2.45, 2.75) is 12.7 Å². The summed E-state index contributed by atoms with van der Waals surface area (Å²) in [7, 11) is -4.39. The molecule has 0 aliphatic rings. The molecule has 18 heavy (non-hydrogen) atoms. The molecule has 3 N–H and O–H groups in total. The van der Waals surface area contributed by atoms with Gasteiger partial charge in [-0.1, -0.05) is 25.1 Å². The van der Waals surface area contributed by atoms with Gasteiger partial charge < -0.3 is 5.73 Å². The number of benzene rings is 1. The molecule has 102 valence electrons. The number of anilines is 1. The third-order valence-corrected chi connectivity index (χ3v) is 5.01. The van der Waals surface area contributed by atoms with Crippen LogP contribution >= 0.6 is 0 Å². The van der Waals surface area contributed by atoms with Crippen molar-refractivity contribution in [2.24, 2.45) is 0 Å². The molecule has 0 amide bonds. The van der Waals surface area contributed by atoms with E-state index in [1.165, 1.54) is 0 Å². The molecule has 1 aromatic rings. The molecule has 1 rings (SSSR count). The number of para-hydroxylation sites is 1. The molecular weight excluding hydrogens is 272 g/mol. The fraction of sp³-hybridized carbons (Fsp3) is 0.455. The van der Waals surface area contributed by atoms with Gasteiger partial charge in [-0.25, -0.2) is 13.1 Å². The highest BCUT2D eigenvalue weighted by molar-refractivity contribution is 7.88. The zero-order valence-corrected chi connectivity index (χ0v) is 11.9. The topological polar surface area (TPSA) is 89.3 Å².